The lowest BCUT2D eigenvalue weighted by atomic mass is 10.2. The number of anilines is 1. The summed E-state index contributed by atoms with van der Waals surface area (Å²) in [5.74, 6) is -0.260. The van der Waals surface area contributed by atoms with Gasteiger partial charge in [0.15, 0.2) is 0 Å². The van der Waals surface area contributed by atoms with Gasteiger partial charge in [0.2, 0.25) is 11.8 Å². The Morgan fingerprint density at radius 2 is 2.10 bits per heavy atom. The van der Waals surface area contributed by atoms with Crippen molar-refractivity contribution in [3.8, 4) is 0 Å². The fraction of sp³-hybridized carbons (Fsp3) is 0.231. The Hall–Kier alpha value is -2.35. The maximum absolute atomic E-state index is 11.9. The molecule has 0 unspecified atom stereocenters. The monoisotopic (exact) mass is 307 g/mol. The van der Waals surface area contributed by atoms with Gasteiger partial charge in [-0.05, 0) is 12.1 Å². The predicted octanol–water partition coefficient (Wildman–Crippen LogP) is 1.90. The number of carbonyl (C=O) groups excluding carboxylic acids is 2. The number of ether oxygens (including phenoxy) is 1. The summed E-state index contributed by atoms with van der Waals surface area (Å²) >= 11 is 1.12. The average molecular weight is 307 g/mol. The summed E-state index contributed by atoms with van der Waals surface area (Å²) in [5, 5.41) is 10.4. The molecule has 0 atom stereocenters. The van der Waals surface area contributed by atoms with E-state index in [-0.39, 0.29) is 11.7 Å². The maximum atomic E-state index is 11.9. The number of thioether (sulfide) groups is 1. The first-order valence-electron chi connectivity index (χ1n) is 6.00. The van der Waals surface area contributed by atoms with Crippen molar-refractivity contribution in [1.82, 2.24) is 10.2 Å². The van der Waals surface area contributed by atoms with Gasteiger partial charge in [-0.2, -0.15) is 0 Å². The van der Waals surface area contributed by atoms with Crippen molar-refractivity contribution < 1.29 is 18.7 Å². The van der Waals surface area contributed by atoms with Crippen molar-refractivity contribution in [1.29, 1.82) is 0 Å². The number of aromatic nitrogens is 2. The third kappa shape index (κ3) is 4.06. The van der Waals surface area contributed by atoms with Crippen LogP contribution in [0, 0.1) is 6.92 Å². The number of hydrogen-bond donors (Lipinski definition) is 1. The second-order valence-electron chi connectivity index (χ2n) is 3.96. The van der Waals surface area contributed by atoms with Crippen LogP contribution in [0.2, 0.25) is 0 Å². The molecule has 21 heavy (non-hydrogen) atoms. The van der Waals surface area contributed by atoms with Crippen LogP contribution in [0.15, 0.2) is 33.9 Å². The standard InChI is InChI=1S/C13H13N3O4S/c1-8-15-16-13(20-8)21-7-11(17)14-10-6-4-3-5-9(10)12(18)19-2/h3-6H,7H2,1-2H3,(H,14,17). The third-order valence-corrected chi connectivity index (χ3v) is 3.26. The molecule has 110 valence electrons. The summed E-state index contributed by atoms with van der Waals surface area (Å²) in [6.45, 7) is 1.67. The first-order chi connectivity index (χ1) is 10.1. The molecular formula is C13H13N3O4S. The van der Waals surface area contributed by atoms with Gasteiger partial charge in [0.05, 0.1) is 24.1 Å². The summed E-state index contributed by atoms with van der Waals surface area (Å²) < 4.78 is 9.81. The van der Waals surface area contributed by atoms with Crippen LogP contribution in [0.5, 0.6) is 0 Å². The molecule has 1 N–H and O–H groups in total. The zero-order valence-electron chi connectivity index (χ0n) is 11.5. The van der Waals surface area contributed by atoms with Crippen LogP contribution in [-0.4, -0.2) is 34.9 Å². The Labute approximate surface area is 125 Å². The number of amides is 1. The van der Waals surface area contributed by atoms with Crippen molar-refractivity contribution in [3.63, 3.8) is 0 Å². The van der Waals surface area contributed by atoms with Gasteiger partial charge in [0.25, 0.3) is 5.22 Å². The summed E-state index contributed by atoms with van der Waals surface area (Å²) in [6.07, 6.45) is 0. The molecule has 2 aromatic rings. The SMILES string of the molecule is COC(=O)c1ccccc1NC(=O)CSc1nnc(C)o1. The van der Waals surface area contributed by atoms with Gasteiger partial charge in [0, 0.05) is 6.92 Å². The third-order valence-electron chi connectivity index (χ3n) is 2.44. The number of benzene rings is 1. The first kappa shape index (κ1) is 15.0. The average Bonchev–Trinajstić information content (AvgIpc) is 2.90. The molecular weight excluding hydrogens is 294 g/mol. The Bertz CT molecular complexity index is 656. The van der Waals surface area contributed by atoms with Gasteiger partial charge in [0.1, 0.15) is 0 Å². The number of para-hydroxylation sites is 1. The lowest BCUT2D eigenvalue weighted by Crippen LogP contribution is -2.17. The van der Waals surface area contributed by atoms with E-state index in [1.165, 1.54) is 7.11 Å². The minimum atomic E-state index is -0.508. The molecule has 0 fully saturated rings. The molecule has 1 aromatic carbocycles. The number of nitrogens with one attached hydrogen (secondary N) is 1. The highest BCUT2D eigenvalue weighted by Crippen LogP contribution is 2.19. The normalized spacial score (nSPS) is 10.2. The van der Waals surface area contributed by atoms with E-state index in [1.807, 2.05) is 0 Å². The molecule has 2 rings (SSSR count). The van der Waals surface area contributed by atoms with E-state index in [0.29, 0.717) is 22.4 Å². The minimum absolute atomic E-state index is 0.0944. The fourth-order valence-corrected chi connectivity index (χ4v) is 2.14. The minimum Gasteiger partial charge on any atom is -0.465 e. The molecule has 8 heteroatoms. The molecule has 0 aliphatic carbocycles. The Morgan fingerprint density at radius 1 is 1.33 bits per heavy atom. The highest BCUT2D eigenvalue weighted by Gasteiger charge is 2.14. The lowest BCUT2D eigenvalue weighted by molar-refractivity contribution is -0.113. The number of carbonyl (C=O) groups is 2. The first-order valence-corrected chi connectivity index (χ1v) is 6.99. The van der Waals surface area contributed by atoms with Crippen LogP contribution < -0.4 is 5.32 Å². The second kappa shape index (κ2) is 6.89. The lowest BCUT2D eigenvalue weighted by Gasteiger charge is -2.08. The molecule has 1 amide bonds. The van der Waals surface area contributed by atoms with E-state index in [4.69, 9.17) is 4.42 Å². The molecule has 0 bridgehead atoms. The Kier molecular flexibility index (Phi) is 4.94. The van der Waals surface area contributed by atoms with Crippen molar-refractivity contribution in [2.24, 2.45) is 0 Å². The molecule has 0 spiro atoms. The number of esters is 1. The van der Waals surface area contributed by atoms with E-state index in [0.717, 1.165) is 11.8 Å². The highest BCUT2D eigenvalue weighted by molar-refractivity contribution is 7.99. The quantitative estimate of drug-likeness (QED) is 0.666. The molecule has 1 aromatic heterocycles. The van der Waals surface area contributed by atoms with Gasteiger partial charge in [-0.1, -0.05) is 23.9 Å². The second-order valence-corrected chi connectivity index (χ2v) is 4.89. The van der Waals surface area contributed by atoms with E-state index >= 15 is 0 Å². The van der Waals surface area contributed by atoms with Crippen LogP contribution in [-0.2, 0) is 9.53 Å². The van der Waals surface area contributed by atoms with Gasteiger partial charge in [-0.25, -0.2) is 4.79 Å². The van der Waals surface area contributed by atoms with Crippen molar-refractivity contribution in [3.05, 3.63) is 35.7 Å². The molecule has 0 aliphatic heterocycles. The van der Waals surface area contributed by atoms with Gasteiger partial charge in [-0.15, -0.1) is 10.2 Å². The Morgan fingerprint density at radius 3 is 2.76 bits per heavy atom. The van der Waals surface area contributed by atoms with Crippen molar-refractivity contribution in [2.75, 3.05) is 18.2 Å². The molecule has 0 saturated heterocycles. The predicted molar refractivity (Wildman–Crippen MR) is 76.2 cm³/mol. The zero-order valence-corrected chi connectivity index (χ0v) is 12.3. The van der Waals surface area contributed by atoms with Crippen LogP contribution in [0.1, 0.15) is 16.2 Å². The van der Waals surface area contributed by atoms with Gasteiger partial charge in [-0.3, -0.25) is 4.79 Å². The van der Waals surface area contributed by atoms with Gasteiger partial charge >= 0.3 is 5.97 Å². The fourth-order valence-electron chi connectivity index (χ4n) is 1.53. The number of aryl methyl sites for hydroxylation is 1. The smallest absolute Gasteiger partial charge is 0.339 e. The van der Waals surface area contributed by atoms with Crippen LogP contribution in [0.25, 0.3) is 0 Å². The summed E-state index contributed by atoms with van der Waals surface area (Å²) in [5.41, 5.74) is 0.698. The zero-order chi connectivity index (χ0) is 15.2. The van der Waals surface area contributed by atoms with Crippen LogP contribution in [0.4, 0.5) is 5.69 Å². The number of methoxy groups -OCH3 is 1. The van der Waals surface area contributed by atoms with Gasteiger partial charge < -0.3 is 14.5 Å². The van der Waals surface area contributed by atoms with E-state index in [2.05, 4.69) is 20.3 Å². The number of hydrogen-bond acceptors (Lipinski definition) is 7. The molecule has 0 radical (unpaired) electrons. The molecule has 0 saturated carbocycles. The number of rotatable bonds is 5. The van der Waals surface area contributed by atoms with E-state index in [1.54, 1.807) is 31.2 Å². The molecule has 1 heterocycles. The van der Waals surface area contributed by atoms with Crippen LogP contribution in [0.3, 0.4) is 0 Å². The summed E-state index contributed by atoms with van der Waals surface area (Å²) in [7, 11) is 1.29. The topological polar surface area (TPSA) is 94.3 Å². The van der Waals surface area contributed by atoms with Crippen molar-refractivity contribution in [2.45, 2.75) is 12.1 Å². The van der Waals surface area contributed by atoms with E-state index < -0.39 is 5.97 Å². The molecule has 0 aliphatic rings. The molecule has 7 nitrogen and oxygen atoms in total. The largest absolute Gasteiger partial charge is 0.465 e. The van der Waals surface area contributed by atoms with Crippen molar-refractivity contribution >= 4 is 29.3 Å². The summed E-state index contributed by atoms with van der Waals surface area (Å²) in [4.78, 5) is 23.5. The maximum Gasteiger partial charge on any atom is 0.339 e. The number of nitrogens with zero attached hydrogens (tertiary/aromatic N) is 2. The summed E-state index contributed by atoms with van der Waals surface area (Å²) in [6, 6.07) is 6.62. The highest BCUT2D eigenvalue weighted by atomic mass is 32.2. The van der Waals surface area contributed by atoms with Crippen LogP contribution >= 0.6 is 11.8 Å². The Balaban J connectivity index is 1.98. The van der Waals surface area contributed by atoms with E-state index in [9.17, 15) is 9.59 Å².